The van der Waals surface area contributed by atoms with Crippen molar-refractivity contribution in [3.05, 3.63) is 58.1 Å². The molecule has 0 aromatic heterocycles. The van der Waals surface area contributed by atoms with Gasteiger partial charge in [0.1, 0.15) is 11.5 Å². The van der Waals surface area contributed by atoms with Crippen LogP contribution in [0.1, 0.15) is 80.7 Å². The van der Waals surface area contributed by atoms with E-state index in [0.29, 0.717) is 42.6 Å². The Hall–Kier alpha value is -3.28. The Balaban J connectivity index is 1.50. The molecule has 1 fully saturated rings. The van der Waals surface area contributed by atoms with Gasteiger partial charge in [0.2, 0.25) is 11.8 Å². The summed E-state index contributed by atoms with van der Waals surface area (Å²) in [6.07, 6.45) is -9.22. The Bertz CT molecular complexity index is 1360. The number of fused-ring (bicyclic) bond motifs is 1. The van der Waals surface area contributed by atoms with Gasteiger partial charge in [-0.15, -0.1) is 0 Å². The van der Waals surface area contributed by atoms with Crippen LogP contribution in [-0.2, 0) is 44.8 Å². The number of unbranched alkanes of at least 4 members (excludes halogenated alkanes) is 1. The summed E-state index contributed by atoms with van der Waals surface area (Å²) in [6.45, 7) is 4.71. The first-order valence-electron chi connectivity index (χ1n) is 14.7. The molecule has 2 heterocycles. The number of carbonyl (C=O) groups is 2. The van der Waals surface area contributed by atoms with Crippen molar-refractivity contribution in [2.45, 2.75) is 95.7 Å². The van der Waals surface area contributed by atoms with E-state index in [9.17, 15) is 35.9 Å². The predicted octanol–water partition coefficient (Wildman–Crippen LogP) is 7.33. The lowest BCUT2D eigenvalue weighted by atomic mass is 9.81. The predicted molar refractivity (Wildman–Crippen MR) is 149 cm³/mol. The number of hydrogen-bond donors (Lipinski definition) is 0. The van der Waals surface area contributed by atoms with Gasteiger partial charge in [0.15, 0.2) is 0 Å². The average molecular weight is 630 g/mol. The summed E-state index contributed by atoms with van der Waals surface area (Å²) in [5.41, 5.74) is -5.19. The number of alkyl halides is 6. The van der Waals surface area contributed by atoms with Gasteiger partial charge in [0.25, 0.3) is 5.60 Å². The summed E-state index contributed by atoms with van der Waals surface area (Å²) in [5.74, 6) is 0.323. The van der Waals surface area contributed by atoms with E-state index >= 15 is 0 Å². The van der Waals surface area contributed by atoms with Crippen LogP contribution < -0.4 is 9.47 Å². The van der Waals surface area contributed by atoms with E-state index in [4.69, 9.17) is 9.47 Å². The van der Waals surface area contributed by atoms with Crippen molar-refractivity contribution in [2.75, 3.05) is 20.3 Å². The van der Waals surface area contributed by atoms with Gasteiger partial charge >= 0.3 is 12.4 Å². The topological polar surface area (TPSA) is 65.1 Å². The lowest BCUT2D eigenvalue weighted by Gasteiger charge is -2.34. The third-order valence-electron chi connectivity index (χ3n) is 8.48. The summed E-state index contributed by atoms with van der Waals surface area (Å²) >= 11 is 0. The Kier molecular flexibility index (Phi) is 9.63. The van der Waals surface area contributed by atoms with Crippen molar-refractivity contribution in [1.29, 1.82) is 0 Å². The van der Waals surface area contributed by atoms with Crippen molar-refractivity contribution in [3.63, 3.8) is 0 Å². The van der Waals surface area contributed by atoms with Crippen molar-refractivity contribution in [1.82, 2.24) is 4.90 Å². The number of likely N-dealkylation sites (tertiary alicyclic amines) is 1. The largest absolute Gasteiger partial charge is 0.497 e. The van der Waals surface area contributed by atoms with Gasteiger partial charge in [0.05, 0.1) is 25.7 Å². The number of aryl methyl sites for hydroxylation is 1. The first-order chi connectivity index (χ1) is 20.7. The minimum atomic E-state index is -5.71. The number of amides is 2. The van der Waals surface area contributed by atoms with Crippen LogP contribution in [0.25, 0.3) is 0 Å². The van der Waals surface area contributed by atoms with Crippen LogP contribution >= 0.6 is 0 Å². The van der Waals surface area contributed by atoms with Gasteiger partial charge in [-0.2, -0.15) is 26.3 Å². The summed E-state index contributed by atoms with van der Waals surface area (Å²) in [6, 6.07) is 7.93. The van der Waals surface area contributed by atoms with Crippen LogP contribution in [0, 0.1) is 0 Å². The number of rotatable bonds is 12. The highest BCUT2D eigenvalue weighted by atomic mass is 19.4. The molecule has 12 heteroatoms. The number of imide groups is 1. The van der Waals surface area contributed by atoms with Gasteiger partial charge in [-0.1, -0.05) is 38.8 Å². The van der Waals surface area contributed by atoms with Crippen molar-refractivity contribution < 1.29 is 50.1 Å². The molecular weight excluding hydrogens is 592 g/mol. The summed E-state index contributed by atoms with van der Waals surface area (Å²) in [5, 5.41) is 0. The van der Waals surface area contributed by atoms with E-state index in [0.717, 1.165) is 6.07 Å². The zero-order chi connectivity index (χ0) is 32.5. The van der Waals surface area contributed by atoms with Crippen LogP contribution in [0.15, 0.2) is 30.3 Å². The standard InChI is InChI=1S/C32H37F6NO5/c1-5-9-20-17-25-24(19-44-30(25,31(33,34)35)32(36,37)38)23(10-6-2)27(20)43-16-8-7-15-39-26(40)18-29(3,28(39)41)21-11-13-22(42-4)14-12-21/h11-14,17H,5-10,15-16,18-19H2,1-4H3. The average Bonchev–Trinajstić information content (AvgIpc) is 3.46. The number of methoxy groups -OCH3 is 1. The Morgan fingerprint density at radius 1 is 0.955 bits per heavy atom. The molecule has 0 saturated carbocycles. The van der Waals surface area contributed by atoms with Gasteiger partial charge < -0.3 is 14.2 Å². The van der Waals surface area contributed by atoms with E-state index in [1.165, 1.54) is 12.0 Å². The highest BCUT2D eigenvalue weighted by Crippen LogP contribution is 2.58. The van der Waals surface area contributed by atoms with Gasteiger partial charge in [-0.25, -0.2) is 0 Å². The van der Waals surface area contributed by atoms with E-state index in [-0.39, 0.29) is 61.1 Å². The molecule has 2 amide bonds. The fourth-order valence-corrected chi connectivity index (χ4v) is 6.18. The molecule has 0 N–H and O–H groups in total. The smallest absolute Gasteiger partial charge is 0.430 e. The molecule has 4 rings (SSSR count). The maximum atomic E-state index is 14.0. The second kappa shape index (κ2) is 12.6. The fourth-order valence-electron chi connectivity index (χ4n) is 6.18. The van der Waals surface area contributed by atoms with E-state index in [1.54, 1.807) is 45.0 Å². The zero-order valence-electron chi connectivity index (χ0n) is 25.2. The first-order valence-corrected chi connectivity index (χ1v) is 14.7. The number of benzene rings is 2. The van der Waals surface area contributed by atoms with Crippen LogP contribution in [-0.4, -0.2) is 49.3 Å². The Morgan fingerprint density at radius 3 is 2.16 bits per heavy atom. The molecule has 2 aromatic rings. The highest BCUT2D eigenvalue weighted by molar-refractivity contribution is 6.08. The molecule has 6 nitrogen and oxygen atoms in total. The summed E-state index contributed by atoms with van der Waals surface area (Å²) in [4.78, 5) is 27.3. The lowest BCUT2D eigenvalue weighted by Crippen LogP contribution is -2.53. The maximum Gasteiger partial charge on any atom is 0.430 e. The number of hydrogen-bond acceptors (Lipinski definition) is 5. The molecule has 0 bridgehead atoms. The number of carbonyl (C=O) groups excluding carboxylic acids is 2. The van der Waals surface area contributed by atoms with Gasteiger partial charge in [-0.05, 0) is 67.5 Å². The van der Waals surface area contributed by atoms with Crippen molar-refractivity contribution in [3.8, 4) is 11.5 Å². The summed E-state index contributed by atoms with van der Waals surface area (Å²) < 4.78 is 100. The minimum Gasteiger partial charge on any atom is -0.497 e. The van der Waals surface area contributed by atoms with E-state index in [2.05, 4.69) is 4.74 Å². The van der Waals surface area contributed by atoms with Crippen LogP contribution in [0.5, 0.6) is 11.5 Å². The molecule has 2 aromatic carbocycles. The van der Waals surface area contributed by atoms with E-state index < -0.39 is 35.5 Å². The van der Waals surface area contributed by atoms with Crippen LogP contribution in [0.2, 0.25) is 0 Å². The van der Waals surface area contributed by atoms with Crippen molar-refractivity contribution in [2.24, 2.45) is 0 Å². The quantitative estimate of drug-likeness (QED) is 0.140. The molecule has 0 spiro atoms. The highest BCUT2D eigenvalue weighted by Gasteiger charge is 2.76. The Morgan fingerprint density at radius 2 is 1.59 bits per heavy atom. The third kappa shape index (κ3) is 5.77. The number of halogens is 6. The number of nitrogens with zero attached hydrogens (tertiary/aromatic N) is 1. The van der Waals surface area contributed by atoms with Crippen LogP contribution in [0.4, 0.5) is 26.3 Å². The maximum absolute atomic E-state index is 14.0. The monoisotopic (exact) mass is 629 g/mol. The molecule has 1 atom stereocenters. The molecule has 2 aliphatic heterocycles. The molecule has 0 aliphatic carbocycles. The zero-order valence-corrected chi connectivity index (χ0v) is 25.2. The second-order valence-corrected chi connectivity index (χ2v) is 11.5. The van der Waals surface area contributed by atoms with Gasteiger partial charge in [-0.3, -0.25) is 14.5 Å². The molecule has 1 saturated heterocycles. The third-order valence-corrected chi connectivity index (χ3v) is 8.48. The van der Waals surface area contributed by atoms with Crippen LogP contribution in [0.3, 0.4) is 0 Å². The SMILES string of the molecule is CCCc1cc2c(c(CCC)c1OCCCCN1C(=O)CC(C)(c3ccc(OC)cc3)C1=O)COC2(C(F)(F)F)C(F)(F)F. The molecule has 44 heavy (non-hydrogen) atoms. The molecule has 0 radical (unpaired) electrons. The fraction of sp³-hybridized carbons (Fsp3) is 0.562. The second-order valence-electron chi connectivity index (χ2n) is 11.5. The Labute approximate surface area is 252 Å². The van der Waals surface area contributed by atoms with Gasteiger partial charge in [0, 0.05) is 24.1 Å². The first kappa shape index (κ1) is 33.6. The molecule has 1 unspecified atom stereocenters. The normalized spacial score (nSPS) is 19.9. The van der Waals surface area contributed by atoms with E-state index in [1.807, 2.05) is 0 Å². The summed E-state index contributed by atoms with van der Waals surface area (Å²) in [7, 11) is 1.53. The lowest BCUT2D eigenvalue weighted by molar-refractivity contribution is -0.385. The van der Waals surface area contributed by atoms with Crippen molar-refractivity contribution >= 4 is 11.8 Å². The molecule has 242 valence electrons. The minimum absolute atomic E-state index is 0.0317. The molecule has 2 aliphatic rings. The number of ether oxygens (including phenoxy) is 3. The molecular formula is C32H37F6NO5.